The van der Waals surface area contributed by atoms with Crippen LogP contribution in [-0.4, -0.2) is 34.3 Å². The van der Waals surface area contributed by atoms with Crippen LogP contribution in [0, 0.1) is 36.5 Å². The van der Waals surface area contributed by atoms with Crippen molar-refractivity contribution in [2.24, 2.45) is 29.6 Å². The number of ether oxygens (including phenoxy) is 1. The van der Waals surface area contributed by atoms with Crippen LogP contribution in [0.25, 0.3) is 0 Å². The normalized spacial score (nSPS) is 31.9. The van der Waals surface area contributed by atoms with Gasteiger partial charge in [-0.3, -0.25) is 19.3 Å². The summed E-state index contributed by atoms with van der Waals surface area (Å²) in [7, 11) is 1.52. The second-order valence-electron chi connectivity index (χ2n) is 10.2. The number of thioether (sulfide) groups is 1. The summed E-state index contributed by atoms with van der Waals surface area (Å²) in [5.74, 6) is -0.313. The van der Waals surface area contributed by atoms with Crippen LogP contribution in [0.5, 0.6) is 11.5 Å². The number of carbonyl (C=O) groups excluding carboxylic acids is 2. The summed E-state index contributed by atoms with van der Waals surface area (Å²) in [6.07, 6.45) is 0.835. The van der Waals surface area contributed by atoms with Crippen molar-refractivity contribution in [3.8, 4) is 11.5 Å². The van der Waals surface area contributed by atoms with Crippen LogP contribution in [0.2, 0.25) is 0 Å². The van der Waals surface area contributed by atoms with E-state index in [0.717, 1.165) is 27.5 Å². The van der Waals surface area contributed by atoms with Gasteiger partial charge < -0.3 is 14.8 Å². The third kappa shape index (κ3) is 2.90. The smallest absolute Gasteiger partial charge is 0.305 e. The number of nitrogens with one attached hydrogen (secondary N) is 1. The van der Waals surface area contributed by atoms with E-state index in [2.05, 4.69) is 4.98 Å². The molecule has 7 nitrogen and oxygen atoms in total. The maximum Gasteiger partial charge on any atom is 0.305 e. The molecule has 1 saturated heterocycles. The summed E-state index contributed by atoms with van der Waals surface area (Å²) in [4.78, 5) is 45.1. The molecular weight excluding hydrogens is 496 g/mol. The van der Waals surface area contributed by atoms with Crippen LogP contribution < -0.4 is 14.5 Å². The van der Waals surface area contributed by atoms with E-state index in [1.165, 1.54) is 23.3 Å². The number of carbonyl (C=O) groups is 2. The van der Waals surface area contributed by atoms with Crippen molar-refractivity contribution in [1.29, 1.82) is 0 Å². The van der Waals surface area contributed by atoms with Crippen LogP contribution in [-0.2, 0) is 9.59 Å². The van der Waals surface area contributed by atoms with Crippen molar-refractivity contribution in [2.75, 3.05) is 12.0 Å². The molecule has 0 unspecified atom stereocenters. The molecule has 2 aliphatic carbocycles. The number of aromatic hydroxyl groups is 1. The molecule has 0 radical (unpaired) electrons. The molecule has 2 amide bonds. The van der Waals surface area contributed by atoms with E-state index in [4.69, 9.17) is 4.74 Å². The lowest BCUT2D eigenvalue weighted by Crippen LogP contribution is -2.42. The van der Waals surface area contributed by atoms with E-state index in [9.17, 15) is 19.5 Å². The molecule has 9 heteroatoms. The number of rotatable bonds is 3. The topological polar surface area (TPSA) is 99.7 Å². The maximum absolute atomic E-state index is 13.8. The highest BCUT2D eigenvalue weighted by molar-refractivity contribution is 8.00. The van der Waals surface area contributed by atoms with Crippen molar-refractivity contribution in [2.45, 2.75) is 29.5 Å². The Bertz CT molecular complexity index is 1480. The van der Waals surface area contributed by atoms with Gasteiger partial charge >= 0.3 is 4.87 Å². The molecule has 3 heterocycles. The number of methoxy groups -OCH3 is 1. The Morgan fingerprint density at radius 1 is 1.03 bits per heavy atom. The van der Waals surface area contributed by atoms with Crippen molar-refractivity contribution in [3.05, 3.63) is 68.1 Å². The number of hydrogen-bond donors (Lipinski definition) is 2. The van der Waals surface area contributed by atoms with E-state index in [0.29, 0.717) is 11.4 Å². The number of nitrogens with zero attached hydrogens (tertiary/aromatic N) is 1. The molecule has 2 saturated carbocycles. The van der Waals surface area contributed by atoms with Crippen molar-refractivity contribution < 1.29 is 19.4 Å². The van der Waals surface area contributed by atoms with Crippen LogP contribution in [0.15, 0.2) is 52.3 Å². The Morgan fingerprint density at radius 3 is 2.47 bits per heavy atom. The number of thiazole rings is 1. The first-order valence-corrected chi connectivity index (χ1v) is 13.8. The van der Waals surface area contributed by atoms with Gasteiger partial charge in [-0.15, -0.1) is 11.8 Å². The van der Waals surface area contributed by atoms with E-state index in [1.807, 2.05) is 43.3 Å². The summed E-state index contributed by atoms with van der Waals surface area (Å²) in [5.41, 5.74) is 2.67. The molecule has 3 aromatic rings. The molecule has 4 aliphatic rings. The number of imide groups is 1. The summed E-state index contributed by atoms with van der Waals surface area (Å²) >= 11 is 2.88. The average molecular weight is 521 g/mol. The van der Waals surface area contributed by atoms with Gasteiger partial charge in [-0.2, -0.15) is 0 Å². The fourth-order valence-electron chi connectivity index (χ4n) is 7.23. The van der Waals surface area contributed by atoms with Crippen molar-refractivity contribution in [1.82, 2.24) is 4.98 Å². The van der Waals surface area contributed by atoms with E-state index < -0.39 is 0 Å². The minimum absolute atomic E-state index is 0.0412. The number of phenolic OH excluding ortho intramolecular Hbond substituents is 1. The standard InChI is InChI=1S/C27H24N2O5S2/c1-11-3-6-13(7-4-11)29-25(31)20-14-10-15(21(20)26(29)32)22-19(14)18(23-24(35-22)28-27(33)36-23)12-5-8-16(30)17(9-12)34-2/h3-9,14-15,18-22,30H,10H2,1-2H3,(H,28,33)/t14-,15-,18+,19+,20+,21+,22-/m1/s1. The fourth-order valence-corrected chi connectivity index (χ4v) is 10.1. The van der Waals surface area contributed by atoms with Gasteiger partial charge in [-0.1, -0.05) is 35.1 Å². The zero-order valence-corrected chi connectivity index (χ0v) is 21.3. The third-order valence-corrected chi connectivity index (χ3v) is 11.2. The molecule has 36 heavy (non-hydrogen) atoms. The Hall–Kier alpha value is -3.04. The number of amides is 2. The monoisotopic (exact) mass is 520 g/mol. The second-order valence-corrected chi connectivity index (χ2v) is 12.4. The van der Waals surface area contributed by atoms with Gasteiger partial charge in [0.25, 0.3) is 0 Å². The first-order chi connectivity index (χ1) is 17.4. The number of hydrogen-bond acceptors (Lipinski definition) is 7. The van der Waals surface area contributed by atoms with Crippen LogP contribution >= 0.6 is 23.1 Å². The van der Waals surface area contributed by atoms with Crippen molar-refractivity contribution in [3.63, 3.8) is 0 Å². The van der Waals surface area contributed by atoms with Gasteiger partial charge in [0.15, 0.2) is 11.5 Å². The number of benzene rings is 2. The molecule has 1 aromatic heterocycles. The minimum atomic E-state index is -0.343. The molecular formula is C27H24N2O5S2. The molecule has 7 rings (SSSR count). The molecule has 2 aromatic carbocycles. The second kappa shape index (κ2) is 7.73. The highest BCUT2D eigenvalue weighted by Crippen LogP contribution is 2.68. The molecule has 3 fully saturated rings. The Kier molecular flexibility index (Phi) is 4.76. The molecule has 0 spiro atoms. The van der Waals surface area contributed by atoms with Crippen molar-refractivity contribution >= 4 is 40.6 Å². The zero-order valence-electron chi connectivity index (χ0n) is 19.6. The van der Waals surface area contributed by atoms with Gasteiger partial charge in [0.05, 0.1) is 29.7 Å². The Morgan fingerprint density at radius 2 is 1.75 bits per heavy atom. The van der Waals surface area contributed by atoms with Crippen LogP contribution in [0.1, 0.15) is 28.3 Å². The third-order valence-electron chi connectivity index (χ3n) is 8.58. The highest BCUT2D eigenvalue weighted by atomic mass is 32.2. The minimum Gasteiger partial charge on any atom is -0.504 e. The van der Waals surface area contributed by atoms with Gasteiger partial charge in [-0.25, -0.2) is 0 Å². The Balaban J connectivity index is 1.33. The van der Waals surface area contributed by atoms with Gasteiger partial charge in [0.1, 0.15) is 0 Å². The average Bonchev–Trinajstić information content (AvgIpc) is 3.59. The number of aromatic amines is 1. The molecule has 7 atom stereocenters. The largest absolute Gasteiger partial charge is 0.504 e. The number of anilines is 1. The predicted molar refractivity (Wildman–Crippen MR) is 137 cm³/mol. The molecule has 2 aliphatic heterocycles. The lowest BCUT2D eigenvalue weighted by atomic mass is 9.68. The van der Waals surface area contributed by atoms with E-state index in [1.54, 1.807) is 17.8 Å². The first kappa shape index (κ1) is 22.2. The van der Waals surface area contributed by atoms with E-state index >= 15 is 0 Å². The first-order valence-electron chi connectivity index (χ1n) is 12.1. The number of aromatic nitrogens is 1. The van der Waals surface area contributed by atoms with Gasteiger partial charge in [0, 0.05) is 16.0 Å². The summed E-state index contributed by atoms with van der Waals surface area (Å²) < 4.78 is 5.39. The summed E-state index contributed by atoms with van der Waals surface area (Å²) in [5, 5.41) is 11.2. The number of fused-ring (bicyclic) bond motifs is 9. The fraction of sp³-hybridized carbons (Fsp3) is 0.370. The lowest BCUT2D eigenvalue weighted by molar-refractivity contribution is -0.123. The van der Waals surface area contributed by atoms with Gasteiger partial charge in [-0.05, 0) is 60.9 Å². The quantitative estimate of drug-likeness (QED) is 0.504. The lowest BCUT2D eigenvalue weighted by Gasteiger charge is -2.43. The van der Waals surface area contributed by atoms with Crippen LogP contribution in [0.3, 0.4) is 0 Å². The molecule has 2 bridgehead atoms. The molecule has 2 N–H and O–H groups in total. The maximum atomic E-state index is 13.8. The van der Waals surface area contributed by atoms with Gasteiger partial charge in [0.2, 0.25) is 11.8 Å². The SMILES string of the molecule is COc1cc([C@@H]2c3sc(=O)[nH]c3S[C@@H]3[C@@H]4C[C@@H]([C@@H]5C(=O)N(c6ccc(C)cc6)C(=O)[C@@H]45)[C@@H]23)ccc1O. The van der Waals surface area contributed by atoms with E-state index in [-0.39, 0.29) is 63.2 Å². The number of aryl methyl sites for hydroxylation is 1. The highest BCUT2D eigenvalue weighted by Gasteiger charge is 2.69. The zero-order chi connectivity index (χ0) is 24.9. The summed E-state index contributed by atoms with van der Waals surface area (Å²) in [6, 6.07) is 12.9. The van der Waals surface area contributed by atoms with Crippen LogP contribution in [0.4, 0.5) is 5.69 Å². The summed E-state index contributed by atoms with van der Waals surface area (Å²) in [6.45, 7) is 1.98. The predicted octanol–water partition coefficient (Wildman–Crippen LogP) is 4.14. The Labute approximate surface area is 215 Å². The number of phenols is 1. The molecule has 184 valence electrons. The number of H-pyrrole nitrogens is 1.